The SMILES string of the molecule is CN(CC1CC1)C(=O)C(N)CCC(=O)O. The molecule has 1 rings (SSSR count). The molecule has 0 bridgehead atoms. The lowest BCUT2D eigenvalue weighted by Crippen LogP contribution is -2.42. The minimum absolute atomic E-state index is 0.0514. The molecule has 86 valence electrons. The summed E-state index contributed by atoms with van der Waals surface area (Å²) in [6.07, 6.45) is 2.53. The van der Waals surface area contributed by atoms with E-state index in [0.717, 1.165) is 6.54 Å². The monoisotopic (exact) mass is 214 g/mol. The van der Waals surface area contributed by atoms with Crippen LogP contribution < -0.4 is 5.73 Å². The van der Waals surface area contributed by atoms with Crippen molar-refractivity contribution < 1.29 is 14.7 Å². The Kier molecular flexibility index (Phi) is 4.08. The van der Waals surface area contributed by atoms with E-state index in [1.54, 1.807) is 11.9 Å². The number of carboxylic acids is 1. The van der Waals surface area contributed by atoms with Gasteiger partial charge in [0.1, 0.15) is 0 Å². The van der Waals surface area contributed by atoms with Crippen molar-refractivity contribution in [2.45, 2.75) is 31.7 Å². The Labute approximate surface area is 89.2 Å². The van der Waals surface area contributed by atoms with Gasteiger partial charge in [-0.3, -0.25) is 9.59 Å². The predicted octanol–water partition coefficient (Wildman–Crippen LogP) is 0.0469. The topological polar surface area (TPSA) is 83.6 Å². The van der Waals surface area contributed by atoms with Crippen molar-refractivity contribution >= 4 is 11.9 Å². The van der Waals surface area contributed by atoms with Crippen LogP contribution in [0.25, 0.3) is 0 Å². The molecule has 3 N–H and O–H groups in total. The van der Waals surface area contributed by atoms with Crippen molar-refractivity contribution in [1.29, 1.82) is 0 Å². The average molecular weight is 214 g/mol. The van der Waals surface area contributed by atoms with Crippen LogP contribution in [-0.4, -0.2) is 41.5 Å². The van der Waals surface area contributed by atoms with Crippen LogP contribution in [0.3, 0.4) is 0 Å². The molecule has 0 saturated heterocycles. The van der Waals surface area contributed by atoms with E-state index in [0.29, 0.717) is 5.92 Å². The zero-order valence-corrected chi connectivity index (χ0v) is 8.98. The lowest BCUT2D eigenvalue weighted by atomic mass is 10.1. The quantitative estimate of drug-likeness (QED) is 0.654. The molecule has 1 fully saturated rings. The van der Waals surface area contributed by atoms with Gasteiger partial charge >= 0.3 is 5.97 Å². The van der Waals surface area contributed by atoms with Crippen molar-refractivity contribution in [1.82, 2.24) is 4.90 Å². The Bertz CT molecular complexity index is 251. The smallest absolute Gasteiger partial charge is 0.303 e. The minimum Gasteiger partial charge on any atom is -0.481 e. The first-order chi connectivity index (χ1) is 7.00. The van der Waals surface area contributed by atoms with Crippen LogP contribution in [0.2, 0.25) is 0 Å². The summed E-state index contributed by atoms with van der Waals surface area (Å²) in [5.74, 6) is -0.433. The van der Waals surface area contributed by atoms with Gasteiger partial charge < -0.3 is 15.7 Å². The predicted molar refractivity (Wildman–Crippen MR) is 55.2 cm³/mol. The molecule has 1 atom stereocenters. The van der Waals surface area contributed by atoms with Gasteiger partial charge in [-0.05, 0) is 25.2 Å². The van der Waals surface area contributed by atoms with Gasteiger partial charge in [-0.1, -0.05) is 0 Å². The zero-order chi connectivity index (χ0) is 11.4. The van der Waals surface area contributed by atoms with Gasteiger partial charge in [-0.25, -0.2) is 0 Å². The molecule has 0 radical (unpaired) electrons. The third-order valence-electron chi connectivity index (χ3n) is 2.59. The largest absolute Gasteiger partial charge is 0.481 e. The number of hydrogen-bond donors (Lipinski definition) is 2. The Morgan fingerprint density at radius 2 is 2.13 bits per heavy atom. The van der Waals surface area contributed by atoms with E-state index < -0.39 is 12.0 Å². The highest BCUT2D eigenvalue weighted by Gasteiger charge is 2.26. The van der Waals surface area contributed by atoms with Crippen molar-refractivity contribution in [2.24, 2.45) is 11.7 Å². The summed E-state index contributed by atoms with van der Waals surface area (Å²) in [5.41, 5.74) is 5.61. The zero-order valence-electron chi connectivity index (χ0n) is 8.98. The van der Waals surface area contributed by atoms with Crippen LogP contribution in [0, 0.1) is 5.92 Å². The van der Waals surface area contributed by atoms with E-state index in [2.05, 4.69) is 0 Å². The number of carboxylic acid groups (broad SMARTS) is 1. The van der Waals surface area contributed by atoms with Gasteiger partial charge in [0.2, 0.25) is 5.91 Å². The van der Waals surface area contributed by atoms with Gasteiger partial charge in [0.15, 0.2) is 0 Å². The molecule has 5 heteroatoms. The number of aliphatic carboxylic acids is 1. The summed E-state index contributed by atoms with van der Waals surface area (Å²) in [6, 6.07) is -0.676. The fraction of sp³-hybridized carbons (Fsp3) is 0.800. The fourth-order valence-electron chi connectivity index (χ4n) is 1.46. The van der Waals surface area contributed by atoms with Gasteiger partial charge in [0.25, 0.3) is 0 Å². The van der Waals surface area contributed by atoms with Crippen molar-refractivity contribution in [3.63, 3.8) is 0 Å². The Morgan fingerprint density at radius 3 is 2.60 bits per heavy atom. The molecule has 0 aromatic heterocycles. The van der Waals surface area contributed by atoms with Crippen molar-refractivity contribution in [2.75, 3.05) is 13.6 Å². The fourth-order valence-corrected chi connectivity index (χ4v) is 1.46. The average Bonchev–Trinajstić information content (AvgIpc) is 2.96. The summed E-state index contributed by atoms with van der Waals surface area (Å²) >= 11 is 0. The maximum Gasteiger partial charge on any atom is 0.303 e. The number of hydrogen-bond acceptors (Lipinski definition) is 3. The van der Waals surface area contributed by atoms with Gasteiger partial charge in [0.05, 0.1) is 6.04 Å². The number of carbonyl (C=O) groups excluding carboxylic acids is 1. The first-order valence-electron chi connectivity index (χ1n) is 5.23. The Hall–Kier alpha value is -1.10. The number of likely N-dealkylation sites (N-methyl/N-ethyl adjacent to an activating group) is 1. The molecular weight excluding hydrogens is 196 g/mol. The van der Waals surface area contributed by atoms with Crippen molar-refractivity contribution in [3.05, 3.63) is 0 Å². The molecule has 1 aliphatic carbocycles. The Morgan fingerprint density at radius 1 is 1.53 bits per heavy atom. The van der Waals surface area contributed by atoms with Crippen LogP contribution in [0.5, 0.6) is 0 Å². The molecule has 0 spiro atoms. The summed E-state index contributed by atoms with van der Waals surface area (Å²) < 4.78 is 0. The van der Waals surface area contributed by atoms with Crippen molar-refractivity contribution in [3.8, 4) is 0 Å². The first-order valence-corrected chi connectivity index (χ1v) is 5.23. The number of nitrogens with zero attached hydrogens (tertiary/aromatic N) is 1. The first kappa shape index (κ1) is 12.0. The summed E-state index contributed by atoms with van der Waals surface area (Å²) in [7, 11) is 1.72. The standard InChI is InChI=1S/C10H18N2O3/c1-12(6-7-2-3-7)10(15)8(11)4-5-9(13)14/h7-8H,2-6,11H2,1H3,(H,13,14). The third kappa shape index (κ3) is 4.29. The van der Waals surface area contributed by atoms with E-state index in [-0.39, 0.29) is 18.7 Å². The number of amides is 1. The molecule has 0 heterocycles. The van der Waals surface area contributed by atoms with Crippen LogP contribution >= 0.6 is 0 Å². The van der Waals surface area contributed by atoms with E-state index in [1.807, 2.05) is 0 Å². The van der Waals surface area contributed by atoms with Gasteiger partial charge in [-0.2, -0.15) is 0 Å². The molecular formula is C10H18N2O3. The second-order valence-electron chi connectivity index (χ2n) is 4.20. The molecule has 1 unspecified atom stereocenters. The summed E-state index contributed by atoms with van der Waals surface area (Å²) in [5, 5.41) is 8.46. The van der Waals surface area contributed by atoms with Crippen LogP contribution in [0.1, 0.15) is 25.7 Å². The minimum atomic E-state index is -0.914. The normalized spacial score (nSPS) is 17.2. The lowest BCUT2D eigenvalue weighted by Gasteiger charge is -2.20. The van der Waals surface area contributed by atoms with E-state index in [1.165, 1.54) is 12.8 Å². The molecule has 0 aliphatic heterocycles. The van der Waals surface area contributed by atoms with Gasteiger partial charge in [-0.15, -0.1) is 0 Å². The lowest BCUT2D eigenvalue weighted by molar-refractivity contribution is -0.137. The van der Waals surface area contributed by atoms with E-state index >= 15 is 0 Å². The highest BCUT2D eigenvalue weighted by Crippen LogP contribution is 2.29. The van der Waals surface area contributed by atoms with Crippen LogP contribution in [0.4, 0.5) is 0 Å². The molecule has 1 aliphatic rings. The maximum absolute atomic E-state index is 11.6. The highest BCUT2D eigenvalue weighted by atomic mass is 16.4. The number of rotatable bonds is 6. The number of carbonyl (C=O) groups is 2. The van der Waals surface area contributed by atoms with Gasteiger partial charge in [0, 0.05) is 20.0 Å². The number of nitrogens with two attached hydrogens (primary N) is 1. The van der Waals surface area contributed by atoms with Crippen LogP contribution in [0.15, 0.2) is 0 Å². The molecule has 1 saturated carbocycles. The Balaban J connectivity index is 2.26. The van der Waals surface area contributed by atoms with E-state index in [4.69, 9.17) is 10.8 Å². The molecule has 5 nitrogen and oxygen atoms in total. The highest BCUT2D eigenvalue weighted by molar-refractivity contribution is 5.82. The molecule has 1 amide bonds. The molecule has 0 aromatic carbocycles. The maximum atomic E-state index is 11.6. The summed E-state index contributed by atoms with van der Waals surface area (Å²) in [6.45, 7) is 0.750. The van der Waals surface area contributed by atoms with E-state index in [9.17, 15) is 9.59 Å². The van der Waals surface area contributed by atoms with Crippen LogP contribution in [-0.2, 0) is 9.59 Å². The molecule has 0 aromatic rings. The third-order valence-corrected chi connectivity index (χ3v) is 2.59. The molecule has 15 heavy (non-hydrogen) atoms. The second kappa shape index (κ2) is 5.11. The summed E-state index contributed by atoms with van der Waals surface area (Å²) in [4.78, 5) is 23.5. The second-order valence-corrected chi connectivity index (χ2v) is 4.20.